The summed E-state index contributed by atoms with van der Waals surface area (Å²) in [6.45, 7) is 2.76. The van der Waals surface area contributed by atoms with Crippen LogP contribution < -0.4 is 11.0 Å². The summed E-state index contributed by atoms with van der Waals surface area (Å²) in [4.78, 5) is 35.6. The molecule has 116 valence electrons. The molecule has 1 atom stereocenters. The number of anilines is 1. The van der Waals surface area contributed by atoms with Gasteiger partial charge in [0.25, 0.3) is 0 Å². The quantitative estimate of drug-likeness (QED) is 0.680. The van der Waals surface area contributed by atoms with Crippen LogP contribution in [-0.4, -0.2) is 27.6 Å². The molecule has 3 rings (SSSR count). The minimum Gasteiger partial charge on any atom is -0.392 e. The zero-order valence-corrected chi connectivity index (χ0v) is 12.5. The second kappa shape index (κ2) is 5.32. The SMILES string of the molecule is CCNc1ccc2c(c1)n(C)c(=O)n2C1CCC(=O)OC1=O. The first-order chi connectivity index (χ1) is 10.5. The van der Waals surface area contributed by atoms with Crippen LogP contribution in [0.4, 0.5) is 5.69 Å². The molecule has 1 saturated heterocycles. The molecule has 0 radical (unpaired) electrons. The van der Waals surface area contributed by atoms with E-state index in [9.17, 15) is 14.4 Å². The minimum atomic E-state index is -0.751. The first kappa shape index (κ1) is 14.4. The van der Waals surface area contributed by atoms with Crippen LogP contribution in [-0.2, 0) is 21.4 Å². The lowest BCUT2D eigenvalue weighted by atomic mass is 10.1. The fourth-order valence-corrected chi connectivity index (χ4v) is 2.82. The number of fused-ring (bicyclic) bond motifs is 1. The summed E-state index contributed by atoms with van der Waals surface area (Å²) in [5.41, 5.74) is 2.00. The number of ether oxygens (including phenoxy) is 1. The molecule has 0 aliphatic carbocycles. The third-order valence-electron chi connectivity index (χ3n) is 3.89. The smallest absolute Gasteiger partial charge is 0.336 e. The van der Waals surface area contributed by atoms with Gasteiger partial charge < -0.3 is 10.1 Å². The number of rotatable bonds is 3. The van der Waals surface area contributed by atoms with Gasteiger partial charge in [0, 0.05) is 25.7 Å². The standard InChI is InChI=1S/C15H17N3O4/c1-3-16-9-4-5-10-12(8-9)17(2)15(21)18(10)11-6-7-13(19)22-14(11)20/h4-5,8,11,16H,3,6-7H2,1-2H3. The Morgan fingerprint density at radius 3 is 2.73 bits per heavy atom. The van der Waals surface area contributed by atoms with Crippen LogP contribution in [0, 0.1) is 0 Å². The van der Waals surface area contributed by atoms with Crippen LogP contribution >= 0.6 is 0 Å². The molecule has 0 amide bonds. The molecule has 1 aliphatic rings. The number of carbonyl (C=O) groups is 2. The average molecular weight is 303 g/mol. The highest BCUT2D eigenvalue weighted by atomic mass is 16.6. The van der Waals surface area contributed by atoms with E-state index in [-0.39, 0.29) is 18.5 Å². The van der Waals surface area contributed by atoms with Gasteiger partial charge in [0.2, 0.25) is 0 Å². The summed E-state index contributed by atoms with van der Waals surface area (Å²) in [6, 6.07) is 4.79. The summed E-state index contributed by atoms with van der Waals surface area (Å²) in [7, 11) is 1.66. The van der Waals surface area contributed by atoms with Crippen molar-refractivity contribution in [3.63, 3.8) is 0 Å². The molecular weight excluding hydrogens is 286 g/mol. The number of nitrogens with one attached hydrogen (secondary N) is 1. The zero-order valence-electron chi connectivity index (χ0n) is 12.5. The molecule has 7 nitrogen and oxygen atoms in total. The lowest BCUT2D eigenvalue weighted by molar-refractivity contribution is -0.166. The van der Waals surface area contributed by atoms with E-state index >= 15 is 0 Å². The van der Waals surface area contributed by atoms with Crippen LogP contribution in [0.1, 0.15) is 25.8 Å². The number of hydrogen-bond donors (Lipinski definition) is 1. The van der Waals surface area contributed by atoms with E-state index in [4.69, 9.17) is 0 Å². The van der Waals surface area contributed by atoms with Crippen molar-refractivity contribution in [2.24, 2.45) is 7.05 Å². The van der Waals surface area contributed by atoms with Crippen LogP contribution in [0.5, 0.6) is 0 Å². The van der Waals surface area contributed by atoms with Gasteiger partial charge in [0.1, 0.15) is 6.04 Å². The molecule has 1 aliphatic heterocycles. The highest BCUT2D eigenvalue weighted by Gasteiger charge is 2.33. The summed E-state index contributed by atoms with van der Waals surface area (Å²) in [5, 5.41) is 3.19. The highest BCUT2D eigenvalue weighted by molar-refractivity contribution is 5.91. The van der Waals surface area contributed by atoms with E-state index in [2.05, 4.69) is 10.1 Å². The van der Waals surface area contributed by atoms with Crippen molar-refractivity contribution in [3.05, 3.63) is 28.7 Å². The fourth-order valence-electron chi connectivity index (χ4n) is 2.82. The molecule has 1 aromatic carbocycles. The average Bonchev–Trinajstić information content (AvgIpc) is 2.72. The Labute approximate surface area is 126 Å². The van der Waals surface area contributed by atoms with Crippen LogP contribution in [0.25, 0.3) is 11.0 Å². The molecule has 1 aromatic heterocycles. The van der Waals surface area contributed by atoms with Crippen LogP contribution in [0.2, 0.25) is 0 Å². The number of cyclic esters (lactones) is 2. The van der Waals surface area contributed by atoms with Crippen molar-refractivity contribution in [1.29, 1.82) is 0 Å². The van der Waals surface area contributed by atoms with Crippen molar-refractivity contribution >= 4 is 28.7 Å². The number of esters is 2. The van der Waals surface area contributed by atoms with Gasteiger partial charge in [-0.05, 0) is 31.5 Å². The lowest BCUT2D eigenvalue weighted by Crippen LogP contribution is -2.36. The molecule has 7 heteroatoms. The Kier molecular flexibility index (Phi) is 3.48. The largest absolute Gasteiger partial charge is 0.392 e. The Balaban J connectivity index is 2.14. The van der Waals surface area contributed by atoms with Crippen molar-refractivity contribution < 1.29 is 14.3 Å². The normalized spacial score (nSPS) is 18.5. The van der Waals surface area contributed by atoms with Crippen molar-refractivity contribution in [3.8, 4) is 0 Å². The van der Waals surface area contributed by atoms with E-state index < -0.39 is 18.0 Å². The maximum absolute atomic E-state index is 12.5. The molecule has 1 fully saturated rings. The predicted molar refractivity (Wildman–Crippen MR) is 80.7 cm³/mol. The third kappa shape index (κ3) is 2.18. The second-order valence-electron chi connectivity index (χ2n) is 5.29. The van der Waals surface area contributed by atoms with E-state index in [1.165, 1.54) is 9.13 Å². The first-order valence-corrected chi connectivity index (χ1v) is 7.22. The molecule has 22 heavy (non-hydrogen) atoms. The Bertz CT molecular complexity index is 818. The van der Waals surface area contributed by atoms with E-state index in [1.54, 1.807) is 13.1 Å². The molecule has 1 unspecified atom stereocenters. The molecular formula is C15H17N3O4. The van der Waals surface area contributed by atoms with Gasteiger partial charge in [-0.25, -0.2) is 9.59 Å². The fraction of sp³-hybridized carbons (Fsp3) is 0.400. The molecule has 1 N–H and O–H groups in total. The number of benzene rings is 1. The first-order valence-electron chi connectivity index (χ1n) is 7.22. The summed E-state index contributed by atoms with van der Waals surface area (Å²) in [6.07, 6.45) is 0.417. The van der Waals surface area contributed by atoms with Gasteiger partial charge in [-0.3, -0.25) is 13.9 Å². The summed E-state index contributed by atoms with van der Waals surface area (Å²) in [5.74, 6) is -1.20. The molecule has 0 bridgehead atoms. The summed E-state index contributed by atoms with van der Waals surface area (Å²) >= 11 is 0. The van der Waals surface area contributed by atoms with Gasteiger partial charge in [0.05, 0.1) is 11.0 Å². The topological polar surface area (TPSA) is 82.3 Å². The Morgan fingerprint density at radius 1 is 1.27 bits per heavy atom. The number of aromatic nitrogens is 2. The van der Waals surface area contributed by atoms with E-state index in [0.29, 0.717) is 5.52 Å². The highest BCUT2D eigenvalue weighted by Crippen LogP contribution is 2.26. The maximum Gasteiger partial charge on any atom is 0.336 e. The van der Waals surface area contributed by atoms with Gasteiger partial charge in [-0.1, -0.05) is 0 Å². The van der Waals surface area contributed by atoms with Crippen LogP contribution in [0.3, 0.4) is 0 Å². The lowest BCUT2D eigenvalue weighted by Gasteiger charge is -2.20. The number of hydrogen-bond acceptors (Lipinski definition) is 5. The van der Waals surface area contributed by atoms with Gasteiger partial charge in [0.15, 0.2) is 0 Å². The van der Waals surface area contributed by atoms with Gasteiger partial charge in [-0.2, -0.15) is 0 Å². The number of aryl methyl sites for hydroxylation is 1. The number of imidazole rings is 1. The van der Waals surface area contributed by atoms with Crippen molar-refractivity contribution in [1.82, 2.24) is 9.13 Å². The Hall–Kier alpha value is -2.57. The monoisotopic (exact) mass is 303 g/mol. The second-order valence-corrected chi connectivity index (χ2v) is 5.29. The third-order valence-corrected chi connectivity index (χ3v) is 3.89. The molecule has 0 spiro atoms. The van der Waals surface area contributed by atoms with Crippen LogP contribution in [0.15, 0.2) is 23.0 Å². The zero-order chi connectivity index (χ0) is 15.9. The minimum absolute atomic E-state index is 0.134. The van der Waals surface area contributed by atoms with Gasteiger partial charge in [-0.15, -0.1) is 0 Å². The maximum atomic E-state index is 12.5. The number of carbonyl (C=O) groups excluding carboxylic acids is 2. The van der Waals surface area contributed by atoms with Gasteiger partial charge >= 0.3 is 17.6 Å². The molecule has 2 heterocycles. The molecule has 0 saturated carbocycles. The predicted octanol–water partition coefficient (Wildman–Crippen LogP) is 1.18. The van der Waals surface area contributed by atoms with Crippen molar-refractivity contribution in [2.75, 3.05) is 11.9 Å². The number of nitrogens with zero attached hydrogens (tertiary/aromatic N) is 2. The Morgan fingerprint density at radius 2 is 2.05 bits per heavy atom. The summed E-state index contributed by atoms with van der Waals surface area (Å²) < 4.78 is 7.59. The van der Waals surface area contributed by atoms with E-state index in [0.717, 1.165) is 17.7 Å². The van der Waals surface area contributed by atoms with Crippen molar-refractivity contribution in [2.45, 2.75) is 25.8 Å². The van der Waals surface area contributed by atoms with E-state index in [1.807, 2.05) is 19.1 Å². The molecule has 2 aromatic rings.